The Balaban J connectivity index is 1.26. The van der Waals surface area contributed by atoms with Crippen LogP contribution in [0, 0.1) is 6.92 Å². The highest BCUT2D eigenvalue weighted by atomic mass is 16.5. The molecule has 0 spiro atoms. The number of anilines is 3. The summed E-state index contributed by atoms with van der Waals surface area (Å²) in [6, 6.07) is 9.33. The van der Waals surface area contributed by atoms with Gasteiger partial charge in [-0.05, 0) is 66.3 Å². The van der Waals surface area contributed by atoms with Crippen LogP contribution in [0.3, 0.4) is 0 Å². The van der Waals surface area contributed by atoms with Crippen molar-refractivity contribution in [1.29, 1.82) is 0 Å². The van der Waals surface area contributed by atoms with Crippen LogP contribution in [0.5, 0.6) is 5.75 Å². The van der Waals surface area contributed by atoms with Crippen molar-refractivity contribution in [1.82, 2.24) is 25.0 Å². The Kier molecular flexibility index (Phi) is 6.37. The second-order valence-corrected chi connectivity index (χ2v) is 10.1. The van der Waals surface area contributed by atoms with Gasteiger partial charge < -0.3 is 37.3 Å². The van der Waals surface area contributed by atoms with E-state index in [2.05, 4.69) is 25.9 Å². The molecule has 0 saturated carbocycles. The van der Waals surface area contributed by atoms with Crippen LogP contribution >= 0.6 is 0 Å². The zero-order chi connectivity index (χ0) is 29.7. The molecule has 3 heterocycles. The fourth-order valence-corrected chi connectivity index (χ4v) is 5.42. The number of nitrogens with zero attached hydrogens (tertiary/aromatic N) is 3. The molecule has 1 aliphatic carbocycles. The normalized spacial score (nSPS) is 15.4. The summed E-state index contributed by atoms with van der Waals surface area (Å²) in [4.78, 5) is 58.3. The number of hydrogen-bond acceptors (Lipinski definition) is 9. The highest BCUT2D eigenvalue weighted by molar-refractivity contribution is 6.00. The molecule has 0 saturated heterocycles. The number of nitrogen functional groups attached to an aromatic ring is 2. The van der Waals surface area contributed by atoms with Gasteiger partial charge in [0.2, 0.25) is 5.95 Å². The lowest BCUT2D eigenvalue weighted by atomic mass is 9.98. The number of benzene rings is 2. The van der Waals surface area contributed by atoms with Crippen LogP contribution in [0.2, 0.25) is 0 Å². The molecule has 1 atom stereocenters. The first-order valence-corrected chi connectivity index (χ1v) is 13.1. The number of carboxylic acid groups (broad SMARTS) is 1. The topological polar surface area (TPSA) is 216 Å². The Morgan fingerprint density at radius 3 is 2.74 bits per heavy atom. The van der Waals surface area contributed by atoms with Gasteiger partial charge >= 0.3 is 5.97 Å². The van der Waals surface area contributed by atoms with E-state index in [1.54, 1.807) is 31.2 Å². The molecule has 0 fully saturated rings. The number of amides is 3. The van der Waals surface area contributed by atoms with Crippen molar-refractivity contribution < 1.29 is 29.0 Å². The number of fused-ring (bicyclic) bond motifs is 3. The Morgan fingerprint density at radius 2 is 1.95 bits per heavy atom. The highest BCUT2D eigenvalue weighted by Gasteiger charge is 2.29. The number of carbonyl (C=O) groups excluding carboxylic acids is 3. The van der Waals surface area contributed by atoms with Crippen LogP contribution in [-0.2, 0) is 17.8 Å². The molecule has 0 bridgehead atoms. The van der Waals surface area contributed by atoms with Crippen LogP contribution in [0.4, 0.5) is 17.5 Å². The van der Waals surface area contributed by atoms with Crippen molar-refractivity contribution in [2.24, 2.45) is 0 Å². The minimum atomic E-state index is -1.00. The molecule has 8 N–H and O–H groups in total. The maximum atomic E-state index is 13.4. The molecule has 0 unspecified atom stereocenters. The second kappa shape index (κ2) is 10.1. The molecule has 14 heteroatoms. The van der Waals surface area contributed by atoms with Gasteiger partial charge in [-0.25, -0.2) is 9.78 Å². The van der Waals surface area contributed by atoms with Crippen molar-refractivity contribution >= 4 is 46.8 Å². The number of hydrogen-bond donors (Lipinski definition) is 6. The SMILES string of the molecule is Cc1c(C(=O)O)ccc2c1CC[C@@H]2NC(=O)c1cc(C(=O)NCc2ccc3c(c2)NC(=O)CO3)n2c(N)nc(N)c2n1. The van der Waals surface area contributed by atoms with E-state index in [0.717, 1.165) is 11.1 Å². The van der Waals surface area contributed by atoms with E-state index in [-0.39, 0.29) is 59.5 Å². The van der Waals surface area contributed by atoms with E-state index < -0.39 is 17.8 Å². The van der Waals surface area contributed by atoms with Crippen LogP contribution in [-0.4, -0.2) is 49.8 Å². The molecule has 214 valence electrons. The number of carboxylic acids is 1. The van der Waals surface area contributed by atoms with Crippen LogP contribution < -0.4 is 32.2 Å². The van der Waals surface area contributed by atoms with Crippen molar-refractivity contribution in [3.8, 4) is 5.75 Å². The summed E-state index contributed by atoms with van der Waals surface area (Å²) in [6.45, 7) is 1.78. The van der Waals surface area contributed by atoms with E-state index in [1.807, 2.05) is 0 Å². The van der Waals surface area contributed by atoms with Gasteiger partial charge in [0.25, 0.3) is 17.7 Å². The molecule has 1 aliphatic heterocycles. The first-order valence-electron chi connectivity index (χ1n) is 13.1. The second-order valence-electron chi connectivity index (χ2n) is 10.1. The summed E-state index contributed by atoms with van der Waals surface area (Å²) >= 11 is 0. The number of aromatic carboxylic acids is 1. The molecule has 42 heavy (non-hydrogen) atoms. The summed E-state index contributed by atoms with van der Waals surface area (Å²) in [5.41, 5.74) is 15.8. The van der Waals surface area contributed by atoms with Crippen molar-refractivity contribution in [3.05, 3.63) is 75.6 Å². The summed E-state index contributed by atoms with van der Waals surface area (Å²) < 4.78 is 6.64. The summed E-state index contributed by atoms with van der Waals surface area (Å²) in [6.07, 6.45) is 1.19. The molecule has 2 aromatic heterocycles. The lowest BCUT2D eigenvalue weighted by Crippen LogP contribution is -2.30. The minimum Gasteiger partial charge on any atom is -0.482 e. The van der Waals surface area contributed by atoms with E-state index >= 15 is 0 Å². The molecule has 14 nitrogen and oxygen atoms in total. The number of carbonyl (C=O) groups is 4. The Labute approximate surface area is 238 Å². The first-order chi connectivity index (χ1) is 20.1. The Morgan fingerprint density at radius 1 is 1.14 bits per heavy atom. The predicted octanol–water partition coefficient (Wildman–Crippen LogP) is 1.58. The van der Waals surface area contributed by atoms with E-state index in [4.69, 9.17) is 16.2 Å². The summed E-state index contributed by atoms with van der Waals surface area (Å²) in [5, 5.41) is 17.9. The van der Waals surface area contributed by atoms with Gasteiger partial charge in [-0.2, -0.15) is 4.98 Å². The summed E-state index contributed by atoms with van der Waals surface area (Å²) in [7, 11) is 0. The molecule has 6 rings (SSSR count). The van der Waals surface area contributed by atoms with Gasteiger partial charge in [-0.3, -0.25) is 18.8 Å². The minimum absolute atomic E-state index is 0.00443. The third-order valence-electron chi connectivity index (χ3n) is 7.47. The number of imidazole rings is 1. The van der Waals surface area contributed by atoms with Crippen LogP contribution in [0.1, 0.15) is 66.1 Å². The number of rotatable bonds is 6. The molecule has 4 aromatic rings. The maximum absolute atomic E-state index is 13.4. The number of aromatic nitrogens is 3. The van der Waals surface area contributed by atoms with Gasteiger partial charge in [0, 0.05) is 6.54 Å². The van der Waals surface area contributed by atoms with Crippen molar-refractivity contribution in [2.75, 3.05) is 23.4 Å². The zero-order valence-electron chi connectivity index (χ0n) is 22.4. The van der Waals surface area contributed by atoms with Crippen molar-refractivity contribution in [3.63, 3.8) is 0 Å². The van der Waals surface area contributed by atoms with E-state index in [1.165, 1.54) is 16.5 Å². The van der Waals surface area contributed by atoms with Gasteiger partial charge in [0.05, 0.1) is 17.3 Å². The van der Waals surface area contributed by atoms with E-state index in [0.29, 0.717) is 35.4 Å². The molecule has 0 radical (unpaired) electrons. The fraction of sp³-hybridized carbons (Fsp3) is 0.214. The zero-order valence-corrected chi connectivity index (χ0v) is 22.4. The van der Waals surface area contributed by atoms with Gasteiger partial charge in [-0.1, -0.05) is 12.1 Å². The standard InChI is InChI=1S/C28H26N8O6/c1-12-14-5-6-17(16(14)4-3-15(12)27(40)41)34-25(38)19-9-20(36-24(33-19)23(29)35-28(36)30)26(39)31-10-13-2-7-21-18(8-13)32-22(37)11-42-21/h2-4,7-9,17H,5-6,10-11,29H2,1H3,(H2,30,35)(H,31,39)(H,32,37)(H,34,38)(H,40,41)/t17-/m0/s1. The molecular formula is C28H26N8O6. The van der Waals surface area contributed by atoms with E-state index in [9.17, 15) is 24.3 Å². The van der Waals surface area contributed by atoms with Crippen LogP contribution in [0.25, 0.3) is 5.65 Å². The maximum Gasteiger partial charge on any atom is 0.335 e. The lowest BCUT2D eigenvalue weighted by molar-refractivity contribution is -0.118. The number of ether oxygens (including phenoxy) is 1. The summed E-state index contributed by atoms with van der Waals surface area (Å²) in [5.74, 6) is -1.99. The average molecular weight is 571 g/mol. The van der Waals surface area contributed by atoms with Gasteiger partial charge in [-0.15, -0.1) is 0 Å². The van der Waals surface area contributed by atoms with Crippen molar-refractivity contribution in [2.45, 2.75) is 32.4 Å². The molecule has 2 aliphatic rings. The van der Waals surface area contributed by atoms with Crippen LogP contribution in [0.15, 0.2) is 36.4 Å². The number of nitrogens with one attached hydrogen (secondary N) is 3. The largest absolute Gasteiger partial charge is 0.482 e. The Bertz CT molecular complexity index is 1830. The third kappa shape index (κ3) is 4.58. The third-order valence-corrected chi connectivity index (χ3v) is 7.47. The molecule has 3 amide bonds. The smallest absolute Gasteiger partial charge is 0.335 e. The Hall–Kier alpha value is -5.66. The molecule has 2 aromatic carbocycles. The monoisotopic (exact) mass is 570 g/mol. The lowest BCUT2D eigenvalue weighted by Gasteiger charge is -2.18. The average Bonchev–Trinajstić information content (AvgIpc) is 3.50. The fourth-order valence-electron chi connectivity index (χ4n) is 5.42. The van der Waals surface area contributed by atoms with Gasteiger partial charge in [0.15, 0.2) is 18.1 Å². The molecular weight excluding hydrogens is 544 g/mol. The quantitative estimate of drug-likeness (QED) is 0.197. The van der Waals surface area contributed by atoms with Gasteiger partial charge in [0.1, 0.15) is 17.1 Å². The first kappa shape index (κ1) is 26.6. The number of nitrogens with two attached hydrogens (primary N) is 2. The highest BCUT2D eigenvalue weighted by Crippen LogP contribution is 2.35. The predicted molar refractivity (Wildman–Crippen MR) is 150 cm³/mol.